The number of rotatable bonds is 4. The van der Waals surface area contributed by atoms with Crippen LogP contribution in [0.2, 0.25) is 10.0 Å². The highest BCUT2D eigenvalue weighted by Crippen LogP contribution is 2.62. The molecule has 10 heteroatoms. The number of hydrogen-bond acceptors (Lipinski definition) is 7. The van der Waals surface area contributed by atoms with Gasteiger partial charge in [-0.05, 0) is 30.4 Å². The van der Waals surface area contributed by atoms with E-state index in [9.17, 15) is 0 Å². The molecule has 2 fully saturated rings. The third-order valence-electron chi connectivity index (χ3n) is 6.94. The topological polar surface area (TPSA) is 110 Å². The van der Waals surface area contributed by atoms with Gasteiger partial charge in [0, 0.05) is 37.6 Å². The first-order valence-corrected chi connectivity index (χ1v) is 11.3. The Morgan fingerprint density at radius 1 is 1.12 bits per heavy atom. The van der Waals surface area contributed by atoms with Crippen molar-refractivity contribution in [1.29, 1.82) is 0 Å². The van der Waals surface area contributed by atoms with E-state index in [1.54, 1.807) is 24.7 Å². The fourth-order valence-corrected chi connectivity index (χ4v) is 5.67. The zero-order valence-corrected chi connectivity index (χ0v) is 18.6. The van der Waals surface area contributed by atoms with Gasteiger partial charge in [0.2, 0.25) is 5.65 Å². The molecular formula is C22H20Cl2N8. The molecule has 32 heavy (non-hydrogen) atoms. The zero-order chi connectivity index (χ0) is 21.9. The van der Waals surface area contributed by atoms with Crippen molar-refractivity contribution < 1.29 is 0 Å². The maximum atomic E-state index is 6.39. The molecule has 3 N–H and O–H groups in total. The largest absolute Gasteiger partial charge is 0.355 e. The number of halogens is 2. The number of benzene rings is 1. The molecule has 1 aromatic carbocycles. The van der Waals surface area contributed by atoms with Crippen molar-refractivity contribution in [1.82, 2.24) is 30.1 Å². The van der Waals surface area contributed by atoms with Gasteiger partial charge in [0.1, 0.15) is 17.2 Å². The molecular weight excluding hydrogens is 447 g/mol. The summed E-state index contributed by atoms with van der Waals surface area (Å²) < 4.78 is 0. The van der Waals surface area contributed by atoms with Gasteiger partial charge in [-0.2, -0.15) is 5.10 Å². The van der Waals surface area contributed by atoms with E-state index in [2.05, 4.69) is 30.0 Å². The van der Waals surface area contributed by atoms with Crippen LogP contribution in [-0.2, 0) is 5.41 Å². The minimum atomic E-state index is -0.142. The first-order valence-electron chi connectivity index (χ1n) is 10.5. The minimum absolute atomic E-state index is 0.142. The van der Waals surface area contributed by atoms with Crippen LogP contribution in [0.15, 0.2) is 42.9 Å². The van der Waals surface area contributed by atoms with E-state index in [4.69, 9.17) is 33.9 Å². The summed E-state index contributed by atoms with van der Waals surface area (Å²) in [6.45, 7) is 2.28. The third-order valence-corrected chi connectivity index (χ3v) is 7.76. The Hall–Kier alpha value is -2.81. The maximum absolute atomic E-state index is 6.39. The number of nitrogens with one attached hydrogen (secondary N) is 1. The summed E-state index contributed by atoms with van der Waals surface area (Å²) in [5.74, 6) is 2.57. The number of anilines is 1. The Morgan fingerprint density at radius 2 is 1.97 bits per heavy atom. The number of H-pyrrole nitrogens is 1. The smallest absolute Gasteiger partial charge is 0.202 e. The van der Waals surface area contributed by atoms with E-state index in [0.29, 0.717) is 45.3 Å². The van der Waals surface area contributed by atoms with Crippen LogP contribution < -0.4 is 10.6 Å². The number of fused-ring (bicyclic) bond motifs is 2. The molecule has 0 amide bonds. The molecule has 0 radical (unpaired) electrons. The van der Waals surface area contributed by atoms with Crippen molar-refractivity contribution >= 4 is 40.2 Å². The van der Waals surface area contributed by atoms with Crippen LogP contribution in [0.5, 0.6) is 0 Å². The highest BCUT2D eigenvalue weighted by molar-refractivity contribution is 6.43. The van der Waals surface area contributed by atoms with Gasteiger partial charge in [0.05, 0.1) is 27.4 Å². The van der Waals surface area contributed by atoms with Crippen molar-refractivity contribution in [3.63, 3.8) is 0 Å². The first kappa shape index (κ1) is 19.8. The van der Waals surface area contributed by atoms with Gasteiger partial charge in [-0.1, -0.05) is 35.3 Å². The van der Waals surface area contributed by atoms with Crippen LogP contribution in [0.4, 0.5) is 5.82 Å². The van der Waals surface area contributed by atoms with Crippen LogP contribution in [0.25, 0.3) is 22.4 Å². The molecule has 2 aliphatic rings. The fourth-order valence-electron chi connectivity index (χ4n) is 5.27. The zero-order valence-electron chi connectivity index (χ0n) is 17.0. The van der Waals surface area contributed by atoms with Gasteiger partial charge in [0.25, 0.3) is 0 Å². The molecule has 1 saturated heterocycles. The number of aromatic nitrogens is 6. The van der Waals surface area contributed by atoms with Gasteiger partial charge in [0.15, 0.2) is 0 Å². The predicted octanol–water partition coefficient (Wildman–Crippen LogP) is 3.47. The number of nitrogens with zero attached hydrogens (tertiary/aromatic N) is 6. The number of piperidine rings is 1. The van der Waals surface area contributed by atoms with Crippen LogP contribution in [-0.4, -0.2) is 49.8 Å². The Labute approximate surface area is 194 Å². The lowest BCUT2D eigenvalue weighted by atomic mass is 10.0. The summed E-state index contributed by atoms with van der Waals surface area (Å²) >= 11 is 12.6. The van der Waals surface area contributed by atoms with Gasteiger partial charge in [-0.25, -0.2) is 19.9 Å². The molecule has 3 unspecified atom stereocenters. The van der Waals surface area contributed by atoms with E-state index >= 15 is 0 Å². The normalized spacial score (nSPS) is 24.5. The van der Waals surface area contributed by atoms with Gasteiger partial charge < -0.3 is 10.6 Å². The van der Waals surface area contributed by atoms with Gasteiger partial charge in [-0.15, -0.1) is 0 Å². The standard InChI is InChI=1S/C22H20Cl2N8/c23-15-4-1-3-12(17(15)24)18-19-20(31-30-18)29-16(9-28-19)32-8-5-13-14(10-32)22(13,11-25)21-26-6-2-7-27-21/h1-4,6-7,9,13-14H,5,8,10-11,25H2,(H,29,30,31). The van der Waals surface area contributed by atoms with Crippen LogP contribution in [0.1, 0.15) is 12.2 Å². The molecule has 1 aliphatic heterocycles. The van der Waals surface area contributed by atoms with E-state index < -0.39 is 0 Å². The summed E-state index contributed by atoms with van der Waals surface area (Å²) in [5, 5.41) is 8.34. The Balaban J connectivity index is 1.30. The quantitative estimate of drug-likeness (QED) is 0.473. The molecule has 3 atom stereocenters. The van der Waals surface area contributed by atoms with Crippen LogP contribution in [0.3, 0.4) is 0 Å². The summed E-state index contributed by atoms with van der Waals surface area (Å²) in [7, 11) is 0. The minimum Gasteiger partial charge on any atom is -0.355 e. The van der Waals surface area contributed by atoms with Crippen molar-refractivity contribution in [2.75, 3.05) is 24.5 Å². The molecule has 1 aliphatic carbocycles. The fraction of sp³-hybridized carbons (Fsp3) is 0.318. The highest BCUT2D eigenvalue weighted by Gasteiger charge is 2.67. The van der Waals surface area contributed by atoms with Crippen molar-refractivity contribution in [3.8, 4) is 11.3 Å². The number of hydrogen-bond donors (Lipinski definition) is 2. The monoisotopic (exact) mass is 466 g/mol. The molecule has 162 valence electrons. The molecule has 4 heterocycles. The lowest BCUT2D eigenvalue weighted by molar-refractivity contribution is 0.543. The SMILES string of the molecule is NCC1(c2ncccn2)C2CCN(c3cnc4c(-c5cccc(Cl)c5Cl)[nH]nc4n3)CC21. The molecule has 3 aromatic heterocycles. The van der Waals surface area contributed by atoms with E-state index in [1.165, 1.54) is 0 Å². The number of aromatic amines is 1. The summed E-state index contributed by atoms with van der Waals surface area (Å²) in [6.07, 6.45) is 6.40. The Kier molecular flexibility index (Phi) is 4.57. The van der Waals surface area contributed by atoms with Gasteiger partial charge >= 0.3 is 0 Å². The maximum Gasteiger partial charge on any atom is 0.202 e. The molecule has 1 saturated carbocycles. The molecule has 6 rings (SSSR count). The average molecular weight is 467 g/mol. The Morgan fingerprint density at radius 3 is 2.78 bits per heavy atom. The first-order chi connectivity index (χ1) is 15.6. The second-order valence-corrected chi connectivity index (χ2v) is 9.15. The van der Waals surface area contributed by atoms with Gasteiger partial charge in [-0.3, -0.25) is 5.10 Å². The van der Waals surface area contributed by atoms with E-state index in [-0.39, 0.29) is 5.41 Å². The van der Waals surface area contributed by atoms with Crippen LogP contribution in [0, 0.1) is 11.8 Å². The van der Waals surface area contributed by atoms with E-state index in [0.717, 1.165) is 36.7 Å². The average Bonchev–Trinajstić information content (AvgIpc) is 3.31. The second-order valence-electron chi connectivity index (χ2n) is 8.36. The molecule has 0 spiro atoms. The third kappa shape index (κ3) is 2.83. The van der Waals surface area contributed by atoms with Crippen molar-refractivity contribution in [2.24, 2.45) is 17.6 Å². The summed E-state index contributed by atoms with van der Waals surface area (Å²) in [4.78, 5) is 20.7. The van der Waals surface area contributed by atoms with E-state index in [1.807, 2.05) is 18.2 Å². The Bertz CT molecular complexity index is 1310. The number of nitrogens with two attached hydrogens (primary N) is 1. The predicted molar refractivity (Wildman–Crippen MR) is 124 cm³/mol. The summed E-state index contributed by atoms with van der Waals surface area (Å²) in [6, 6.07) is 7.31. The van der Waals surface area contributed by atoms with Crippen molar-refractivity contribution in [2.45, 2.75) is 11.8 Å². The highest BCUT2D eigenvalue weighted by atomic mass is 35.5. The lowest BCUT2D eigenvalue weighted by Gasteiger charge is -2.26. The molecule has 0 bridgehead atoms. The summed E-state index contributed by atoms with van der Waals surface area (Å²) in [5.41, 5.74) is 8.75. The molecule has 8 nitrogen and oxygen atoms in total. The van der Waals surface area contributed by atoms with Crippen molar-refractivity contribution in [3.05, 3.63) is 58.7 Å². The molecule has 4 aromatic rings. The lowest BCUT2D eigenvalue weighted by Crippen LogP contribution is -2.33. The van der Waals surface area contributed by atoms with Crippen LogP contribution >= 0.6 is 23.2 Å². The second kappa shape index (κ2) is 7.37.